The summed E-state index contributed by atoms with van der Waals surface area (Å²) in [4.78, 5) is 22.1. The first kappa shape index (κ1) is 22.3. The Morgan fingerprint density at radius 1 is 1.08 bits per heavy atom. The Morgan fingerprint density at radius 2 is 1.67 bits per heavy atom. The van der Waals surface area contributed by atoms with E-state index in [2.05, 4.69) is 38.6 Å². The van der Waals surface area contributed by atoms with Crippen molar-refractivity contribution >= 4 is 20.3 Å². The van der Waals surface area contributed by atoms with E-state index in [4.69, 9.17) is 9.16 Å². The van der Waals surface area contributed by atoms with E-state index >= 15 is 0 Å². The fourth-order valence-corrected chi connectivity index (χ4v) is 2.78. The molecule has 0 aromatic rings. The second kappa shape index (κ2) is 10.3. The van der Waals surface area contributed by atoms with Gasteiger partial charge in [-0.1, -0.05) is 39.0 Å². The van der Waals surface area contributed by atoms with Crippen molar-refractivity contribution in [3.8, 4) is 0 Å². The van der Waals surface area contributed by atoms with E-state index in [-0.39, 0.29) is 17.7 Å². The van der Waals surface area contributed by atoms with Gasteiger partial charge in [-0.2, -0.15) is 0 Å². The highest BCUT2D eigenvalue weighted by Gasteiger charge is 2.37. The maximum Gasteiger partial charge on any atom is 0.331 e. The minimum absolute atomic E-state index is 0.0288. The van der Waals surface area contributed by atoms with Crippen molar-refractivity contribution < 1.29 is 23.5 Å². The molecule has 0 rings (SSSR count). The summed E-state index contributed by atoms with van der Waals surface area (Å²) in [5.41, 5.74) is 0. The van der Waals surface area contributed by atoms with Gasteiger partial charge in [0.15, 0.2) is 8.32 Å². The Morgan fingerprint density at radius 3 is 2.21 bits per heavy atom. The van der Waals surface area contributed by atoms with E-state index in [1.807, 2.05) is 19.1 Å². The van der Waals surface area contributed by atoms with Gasteiger partial charge in [-0.25, -0.2) is 9.59 Å². The van der Waals surface area contributed by atoms with Crippen LogP contribution in [0.2, 0.25) is 18.1 Å². The highest BCUT2D eigenvalue weighted by Crippen LogP contribution is 2.37. The van der Waals surface area contributed by atoms with Crippen molar-refractivity contribution in [2.45, 2.75) is 51.9 Å². The molecule has 1 atom stereocenters. The van der Waals surface area contributed by atoms with Gasteiger partial charge in [-0.3, -0.25) is 0 Å². The Labute approximate surface area is 146 Å². The molecule has 0 bridgehead atoms. The molecule has 0 spiro atoms. The predicted octanol–water partition coefficient (Wildman–Crippen LogP) is 3.78. The number of rotatable bonds is 8. The van der Waals surface area contributed by atoms with E-state index in [9.17, 15) is 9.59 Å². The molecule has 0 radical (unpaired) electrons. The van der Waals surface area contributed by atoms with Gasteiger partial charge in [0.05, 0.1) is 13.2 Å². The molecule has 0 N–H and O–H groups in total. The predicted molar refractivity (Wildman–Crippen MR) is 98.1 cm³/mol. The van der Waals surface area contributed by atoms with Gasteiger partial charge in [-0.15, -0.1) is 0 Å². The molecule has 0 aromatic carbocycles. The average molecular weight is 355 g/mol. The molecule has 0 aromatic heterocycles. The summed E-state index contributed by atoms with van der Waals surface area (Å²) in [6, 6.07) is 0. The Kier molecular flexibility index (Phi) is 9.54. The fourth-order valence-electron chi connectivity index (χ4n) is 1.42. The minimum atomic E-state index is -1.77. The quantitative estimate of drug-likeness (QED) is 0.287. The van der Waals surface area contributed by atoms with Crippen molar-refractivity contribution in [3.63, 3.8) is 0 Å². The molecule has 0 aliphatic carbocycles. The highest BCUT2D eigenvalue weighted by molar-refractivity contribution is 6.74. The van der Waals surface area contributed by atoms with Gasteiger partial charge in [0.2, 0.25) is 0 Å². The molecule has 5 nitrogen and oxygen atoms in total. The number of hydrogen-bond acceptors (Lipinski definition) is 5. The Bertz CT molecular complexity index is 498. The maximum absolute atomic E-state index is 11.3. The van der Waals surface area contributed by atoms with Crippen LogP contribution in [0.1, 0.15) is 27.7 Å². The third kappa shape index (κ3) is 9.47. The van der Waals surface area contributed by atoms with Gasteiger partial charge < -0.3 is 13.9 Å². The zero-order chi connectivity index (χ0) is 18.8. The molecule has 0 unspecified atom stereocenters. The number of hydrogen-bond donors (Lipinski definition) is 0. The van der Waals surface area contributed by atoms with E-state index < -0.39 is 20.3 Å². The summed E-state index contributed by atoms with van der Waals surface area (Å²) >= 11 is 0. The van der Waals surface area contributed by atoms with Gasteiger partial charge >= 0.3 is 11.9 Å². The minimum Gasteiger partial charge on any atom is -0.466 e. The molecule has 0 saturated heterocycles. The molecule has 0 fully saturated rings. The zero-order valence-corrected chi connectivity index (χ0v) is 16.8. The van der Waals surface area contributed by atoms with Crippen molar-refractivity contribution in [1.82, 2.24) is 0 Å². The average Bonchev–Trinajstić information content (AvgIpc) is 2.46. The van der Waals surface area contributed by atoms with Crippen LogP contribution in [0, 0.1) is 0 Å². The van der Waals surface area contributed by atoms with Crippen molar-refractivity contribution in [3.05, 3.63) is 36.5 Å². The number of carbonyl (C=O) groups is 2. The standard InChI is InChI=1S/C18H30O5Si/c1-15(23-24(6,7)18(2,3)4)11-9-8-10-14-22-17(20)13-12-16(19)21-5/h8-13,15H,14H2,1-7H3/b10-8+,11-9+,13-12-/t15-/m0/s1. The summed E-state index contributed by atoms with van der Waals surface area (Å²) in [6.45, 7) is 13.2. The number of allylic oxidation sites excluding steroid dienone is 2. The van der Waals surface area contributed by atoms with Crippen LogP contribution >= 0.6 is 0 Å². The first-order chi connectivity index (χ1) is 11.0. The summed E-state index contributed by atoms with van der Waals surface area (Å²) in [7, 11) is -0.531. The van der Waals surface area contributed by atoms with Crippen LogP contribution in [0.5, 0.6) is 0 Å². The lowest BCUT2D eigenvalue weighted by molar-refractivity contribution is -0.138. The molecule has 0 aliphatic rings. The van der Waals surface area contributed by atoms with Gasteiger partial charge in [-0.05, 0) is 31.1 Å². The normalized spacial score (nSPS) is 14.5. The van der Waals surface area contributed by atoms with Crippen LogP contribution in [0.25, 0.3) is 0 Å². The van der Waals surface area contributed by atoms with Crippen LogP contribution < -0.4 is 0 Å². The van der Waals surface area contributed by atoms with Crippen LogP contribution in [-0.2, 0) is 23.5 Å². The summed E-state index contributed by atoms with van der Waals surface area (Å²) in [5, 5.41) is 0.177. The smallest absolute Gasteiger partial charge is 0.331 e. The molecule has 136 valence electrons. The summed E-state index contributed by atoms with van der Waals surface area (Å²) in [6.07, 6.45) is 9.42. The maximum atomic E-state index is 11.3. The van der Waals surface area contributed by atoms with Gasteiger partial charge in [0.25, 0.3) is 0 Å². The first-order valence-corrected chi connectivity index (χ1v) is 10.8. The van der Waals surface area contributed by atoms with E-state index in [0.717, 1.165) is 12.2 Å². The molecule has 0 aliphatic heterocycles. The lowest BCUT2D eigenvalue weighted by Crippen LogP contribution is -2.42. The summed E-state index contributed by atoms with van der Waals surface area (Å²) < 4.78 is 15.5. The molecule has 0 saturated carbocycles. The second-order valence-electron chi connectivity index (χ2n) is 6.88. The highest BCUT2D eigenvalue weighted by atomic mass is 28.4. The number of ether oxygens (including phenoxy) is 2. The molecular formula is C18H30O5Si. The Hall–Kier alpha value is -1.66. The topological polar surface area (TPSA) is 61.8 Å². The van der Waals surface area contributed by atoms with E-state index in [1.54, 1.807) is 12.2 Å². The van der Waals surface area contributed by atoms with Crippen LogP contribution in [-0.4, -0.2) is 40.1 Å². The molecule has 0 heterocycles. The lowest BCUT2D eigenvalue weighted by Gasteiger charge is -2.37. The third-order valence-electron chi connectivity index (χ3n) is 3.79. The van der Waals surface area contributed by atoms with Gasteiger partial charge in [0.1, 0.15) is 6.61 Å². The lowest BCUT2D eigenvalue weighted by atomic mass is 10.2. The van der Waals surface area contributed by atoms with Crippen LogP contribution in [0.15, 0.2) is 36.5 Å². The molecule has 0 amide bonds. The van der Waals surface area contributed by atoms with Crippen LogP contribution in [0.4, 0.5) is 0 Å². The van der Waals surface area contributed by atoms with Gasteiger partial charge in [0, 0.05) is 12.2 Å². The molecule has 24 heavy (non-hydrogen) atoms. The zero-order valence-electron chi connectivity index (χ0n) is 15.8. The Balaban J connectivity index is 4.19. The number of esters is 2. The van der Waals surface area contributed by atoms with Crippen molar-refractivity contribution in [1.29, 1.82) is 0 Å². The molecule has 6 heteroatoms. The van der Waals surface area contributed by atoms with Crippen LogP contribution in [0.3, 0.4) is 0 Å². The first-order valence-electron chi connectivity index (χ1n) is 7.93. The fraction of sp³-hybridized carbons (Fsp3) is 0.556. The number of carbonyl (C=O) groups excluding carboxylic acids is 2. The number of methoxy groups -OCH3 is 1. The van der Waals surface area contributed by atoms with Crippen molar-refractivity contribution in [2.24, 2.45) is 0 Å². The van der Waals surface area contributed by atoms with E-state index in [1.165, 1.54) is 7.11 Å². The second-order valence-corrected chi connectivity index (χ2v) is 11.6. The van der Waals surface area contributed by atoms with Crippen molar-refractivity contribution in [2.75, 3.05) is 13.7 Å². The van der Waals surface area contributed by atoms with E-state index in [0.29, 0.717) is 0 Å². The third-order valence-corrected chi connectivity index (χ3v) is 8.37. The SMILES string of the molecule is COC(=O)/C=C\C(=O)OC/C=C/C=C/[C@H](C)O[Si](C)(C)C(C)(C)C. The summed E-state index contributed by atoms with van der Waals surface area (Å²) in [5.74, 6) is -1.19. The molecular weight excluding hydrogens is 324 g/mol. The monoisotopic (exact) mass is 354 g/mol. The largest absolute Gasteiger partial charge is 0.466 e.